The highest BCUT2D eigenvalue weighted by Gasteiger charge is 2.37. The number of aromatic amines is 1. The van der Waals surface area contributed by atoms with Gasteiger partial charge in [-0.25, -0.2) is 0 Å². The van der Waals surface area contributed by atoms with Gasteiger partial charge in [-0.05, 0) is 48.9 Å². The summed E-state index contributed by atoms with van der Waals surface area (Å²) in [6, 6.07) is 17.2. The Bertz CT molecular complexity index is 1590. The molecule has 1 unspecified atom stereocenters. The van der Waals surface area contributed by atoms with Crippen molar-refractivity contribution in [3.8, 4) is 0 Å². The van der Waals surface area contributed by atoms with Gasteiger partial charge >= 0.3 is 6.18 Å². The van der Waals surface area contributed by atoms with Gasteiger partial charge in [0.25, 0.3) is 5.91 Å². The predicted molar refractivity (Wildman–Crippen MR) is 132 cm³/mol. The first-order valence-electron chi connectivity index (χ1n) is 11.2. The Kier molecular flexibility index (Phi) is 5.62. The van der Waals surface area contributed by atoms with Gasteiger partial charge in [-0.2, -0.15) is 13.2 Å². The number of halogens is 3. The fourth-order valence-corrected chi connectivity index (χ4v) is 4.48. The third-order valence-corrected chi connectivity index (χ3v) is 6.24. The zero-order valence-corrected chi connectivity index (χ0v) is 19.2. The molecule has 6 nitrogen and oxygen atoms in total. The van der Waals surface area contributed by atoms with E-state index in [0.29, 0.717) is 5.56 Å². The summed E-state index contributed by atoms with van der Waals surface area (Å²) < 4.78 is 39.8. The first-order valence-corrected chi connectivity index (χ1v) is 11.2. The van der Waals surface area contributed by atoms with Crippen molar-refractivity contribution >= 4 is 33.4 Å². The van der Waals surface area contributed by atoms with Crippen LogP contribution in [0, 0.1) is 0 Å². The lowest BCUT2D eigenvalue weighted by atomic mass is 9.87. The van der Waals surface area contributed by atoms with Gasteiger partial charge in [0.2, 0.25) is 0 Å². The van der Waals surface area contributed by atoms with Crippen molar-refractivity contribution in [3.63, 3.8) is 0 Å². The number of alkyl halides is 3. The van der Waals surface area contributed by atoms with E-state index in [2.05, 4.69) is 20.3 Å². The van der Waals surface area contributed by atoms with Gasteiger partial charge in [0.15, 0.2) is 0 Å². The molecule has 0 aliphatic heterocycles. The van der Waals surface area contributed by atoms with E-state index in [1.54, 1.807) is 37.4 Å². The fraction of sp³-hybridized carbons (Fsp3) is 0.148. The number of amides is 1. The number of nitrogen functional groups attached to an aromatic ring is 1. The molecule has 3 heterocycles. The topological polar surface area (TPSA) is 96.7 Å². The smallest absolute Gasteiger partial charge is 0.397 e. The first-order chi connectivity index (χ1) is 17.1. The standard InChI is InChI=1S/C27H22F3N5O/c1-26(13-18-14-33-23-7-3-2-6-20(18)23,24-21(31)12-19(15-34-24)27(28,29)30)35-25(36)17-8-9-22-16(11-17)5-4-10-32-22/h2-12,14-15,33H,13,31H2,1H3,(H,35,36). The third-order valence-electron chi connectivity index (χ3n) is 6.24. The van der Waals surface area contributed by atoms with Crippen LogP contribution in [-0.4, -0.2) is 20.9 Å². The second-order valence-electron chi connectivity index (χ2n) is 8.89. The van der Waals surface area contributed by atoms with Crippen LogP contribution >= 0.6 is 0 Å². The van der Waals surface area contributed by atoms with Crippen molar-refractivity contribution in [2.75, 3.05) is 5.73 Å². The molecule has 182 valence electrons. The number of carbonyl (C=O) groups excluding carboxylic acids is 1. The molecule has 5 aromatic rings. The summed E-state index contributed by atoms with van der Waals surface area (Å²) in [6.45, 7) is 1.71. The van der Waals surface area contributed by atoms with Crippen molar-refractivity contribution in [2.45, 2.75) is 25.1 Å². The summed E-state index contributed by atoms with van der Waals surface area (Å²) in [5.41, 5.74) is 6.80. The number of carbonyl (C=O) groups is 1. The molecular formula is C27H22F3N5O. The number of aromatic nitrogens is 3. The van der Waals surface area contributed by atoms with Gasteiger partial charge in [0.1, 0.15) is 0 Å². The minimum Gasteiger partial charge on any atom is -0.397 e. The van der Waals surface area contributed by atoms with E-state index in [1.807, 2.05) is 36.5 Å². The Morgan fingerprint density at radius 1 is 1.06 bits per heavy atom. The molecular weight excluding hydrogens is 467 g/mol. The number of H-pyrrole nitrogens is 1. The van der Waals surface area contributed by atoms with Crippen molar-refractivity contribution in [2.24, 2.45) is 0 Å². The number of hydrogen-bond acceptors (Lipinski definition) is 4. The third kappa shape index (κ3) is 4.35. The molecule has 4 N–H and O–H groups in total. The van der Waals surface area contributed by atoms with E-state index >= 15 is 0 Å². The lowest BCUT2D eigenvalue weighted by molar-refractivity contribution is -0.137. The minimum absolute atomic E-state index is 0.150. The summed E-state index contributed by atoms with van der Waals surface area (Å²) in [5.74, 6) is -0.413. The zero-order valence-electron chi connectivity index (χ0n) is 19.2. The summed E-state index contributed by atoms with van der Waals surface area (Å²) in [7, 11) is 0. The Hall–Kier alpha value is -4.40. The van der Waals surface area contributed by atoms with E-state index in [-0.39, 0.29) is 17.8 Å². The Morgan fingerprint density at radius 2 is 1.86 bits per heavy atom. The Morgan fingerprint density at radius 3 is 2.64 bits per heavy atom. The van der Waals surface area contributed by atoms with E-state index in [9.17, 15) is 18.0 Å². The maximum absolute atomic E-state index is 13.4. The van der Waals surface area contributed by atoms with Gasteiger partial charge in [-0.15, -0.1) is 0 Å². The molecule has 0 bridgehead atoms. The van der Waals surface area contributed by atoms with E-state index < -0.39 is 23.2 Å². The number of anilines is 1. The Balaban J connectivity index is 1.57. The van der Waals surface area contributed by atoms with Crippen LogP contribution in [0.2, 0.25) is 0 Å². The monoisotopic (exact) mass is 489 g/mol. The molecule has 2 aromatic carbocycles. The number of benzene rings is 2. The molecule has 0 radical (unpaired) electrons. The normalized spacial score (nSPS) is 13.6. The van der Waals surface area contributed by atoms with Crippen LogP contribution in [0.5, 0.6) is 0 Å². The molecule has 0 aliphatic carbocycles. The first kappa shape index (κ1) is 23.3. The highest BCUT2D eigenvalue weighted by Crippen LogP contribution is 2.35. The van der Waals surface area contributed by atoms with Gasteiger partial charge in [-0.1, -0.05) is 24.3 Å². The molecule has 0 spiro atoms. The number of hydrogen-bond donors (Lipinski definition) is 3. The van der Waals surface area contributed by atoms with Crippen molar-refractivity contribution in [1.29, 1.82) is 0 Å². The highest BCUT2D eigenvalue weighted by molar-refractivity contribution is 5.98. The number of nitrogens with two attached hydrogens (primary N) is 1. The lowest BCUT2D eigenvalue weighted by Gasteiger charge is -2.32. The summed E-state index contributed by atoms with van der Waals surface area (Å²) in [5, 5.41) is 4.71. The average Bonchev–Trinajstić information content (AvgIpc) is 3.25. The molecule has 5 rings (SSSR count). The molecule has 1 amide bonds. The SMILES string of the molecule is CC(Cc1c[nH]c2ccccc12)(NC(=O)c1ccc2ncccc2c1)c1ncc(C(F)(F)F)cc1N. The Labute approximate surface area is 204 Å². The van der Waals surface area contributed by atoms with Gasteiger partial charge in [0.05, 0.1) is 28.0 Å². The molecule has 0 saturated heterocycles. The number of fused-ring (bicyclic) bond motifs is 2. The van der Waals surface area contributed by atoms with Crippen LogP contribution in [0.3, 0.4) is 0 Å². The second-order valence-corrected chi connectivity index (χ2v) is 8.89. The van der Waals surface area contributed by atoms with E-state index in [4.69, 9.17) is 5.73 Å². The highest BCUT2D eigenvalue weighted by atomic mass is 19.4. The molecule has 0 fully saturated rings. The van der Waals surface area contributed by atoms with Crippen molar-refractivity contribution < 1.29 is 18.0 Å². The number of nitrogens with one attached hydrogen (secondary N) is 2. The summed E-state index contributed by atoms with van der Waals surface area (Å²) in [6.07, 6.45) is -0.126. The average molecular weight is 490 g/mol. The van der Waals surface area contributed by atoms with E-state index in [1.165, 1.54) is 0 Å². The lowest BCUT2D eigenvalue weighted by Crippen LogP contribution is -2.46. The van der Waals surface area contributed by atoms with Crippen LogP contribution in [0.25, 0.3) is 21.8 Å². The van der Waals surface area contributed by atoms with E-state index in [0.717, 1.165) is 39.6 Å². The quantitative estimate of drug-likeness (QED) is 0.299. The summed E-state index contributed by atoms with van der Waals surface area (Å²) >= 11 is 0. The van der Waals surface area contributed by atoms with Crippen LogP contribution in [0.4, 0.5) is 18.9 Å². The zero-order chi connectivity index (χ0) is 25.5. The van der Waals surface area contributed by atoms with Crippen LogP contribution in [0.15, 0.2) is 79.3 Å². The largest absolute Gasteiger partial charge is 0.417 e. The van der Waals surface area contributed by atoms with Crippen LogP contribution in [0.1, 0.15) is 34.1 Å². The fourth-order valence-electron chi connectivity index (χ4n) is 4.48. The number of pyridine rings is 2. The molecule has 3 aromatic heterocycles. The maximum atomic E-state index is 13.4. The minimum atomic E-state index is -4.59. The molecule has 9 heteroatoms. The number of nitrogens with zero attached hydrogens (tertiary/aromatic N) is 2. The van der Waals surface area contributed by atoms with Crippen molar-refractivity contribution in [1.82, 2.24) is 20.3 Å². The van der Waals surface area contributed by atoms with Crippen molar-refractivity contribution in [3.05, 3.63) is 102 Å². The molecule has 1 atom stereocenters. The molecule has 0 saturated carbocycles. The number of rotatable bonds is 5. The van der Waals surface area contributed by atoms with Crippen LogP contribution in [-0.2, 0) is 18.1 Å². The van der Waals surface area contributed by atoms with Crippen LogP contribution < -0.4 is 11.1 Å². The molecule has 0 aliphatic rings. The van der Waals surface area contributed by atoms with Gasteiger partial charge < -0.3 is 16.0 Å². The maximum Gasteiger partial charge on any atom is 0.417 e. The van der Waals surface area contributed by atoms with Gasteiger partial charge in [0, 0.05) is 46.9 Å². The predicted octanol–water partition coefficient (Wildman–Crippen LogP) is 5.60. The number of para-hydroxylation sites is 1. The second kappa shape index (κ2) is 8.67. The van der Waals surface area contributed by atoms with Gasteiger partial charge in [-0.3, -0.25) is 14.8 Å². The summed E-state index contributed by atoms with van der Waals surface area (Å²) in [4.78, 5) is 25.0. The molecule has 36 heavy (non-hydrogen) atoms.